The predicted molar refractivity (Wildman–Crippen MR) is 60.2 cm³/mol. The van der Waals surface area contributed by atoms with Gasteiger partial charge < -0.3 is 10.5 Å². The third-order valence-corrected chi connectivity index (χ3v) is 3.43. The van der Waals surface area contributed by atoms with Crippen LogP contribution in [0, 0.1) is 0 Å². The highest BCUT2D eigenvalue weighted by Crippen LogP contribution is 2.07. The quantitative estimate of drug-likeness (QED) is 0.590. The van der Waals surface area contributed by atoms with Crippen molar-refractivity contribution in [2.24, 2.45) is 5.73 Å². The minimum Gasteiger partial charge on any atom is -0.357 e. The highest BCUT2D eigenvalue weighted by Gasteiger charge is 2.25. The lowest BCUT2D eigenvalue weighted by Gasteiger charge is -2.17. The van der Waals surface area contributed by atoms with Crippen molar-refractivity contribution in [1.82, 2.24) is 0 Å². The van der Waals surface area contributed by atoms with E-state index in [0.717, 1.165) is 5.56 Å². The molecule has 1 rings (SSSR count). The fraction of sp³-hybridized carbons (Fsp3) is 0.400. The highest BCUT2D eigenvalue weighted by atomic mass is 32.2. The molecule has 0 saturated heterocycles. The van der Waals surface area contributed by atoms with Gasteiger partial charge in [-0.15, -0.1) is 0 Å². The van der Waals surface area contributed by atoms with E-state index in [1.807, 2.05) is 30.3 Å². The minimum absolute atomic E-state index is 0.210. The number of hydrogen-bond donors (Lipinski definition) is 2. The Kier molecular flexibility index (Phi) is 4.43. The highest BCUT2D eigenvalue weighted by molar-refractivity contribution is 7.86. The van der Waals surface area contributed by atoms with Gasteiger partial charge in [-0.25, -0.2) is 0 Å². The zero-order valence-electron chi connectivity index (χ0n) is 8.91. The maximum atomic E-state index is 10.8. The second-order valence-electron chi connectivity index (χ2n) is 3.48. The van der Waals surface area contributed by atoms with Gasteiger partial charge in [0, 0.05) is 0 Å². The number of rotatable bonds is 5. The molecule has 0 aromatic heterocycles. The van der Waals surface area contributed by atoms with E-state index < -0.39 is 21.6 Å². The molecule has 3 N–H and O–H groups in total. The molecule has 90 valence electrons. The van der Waals surface area contributed by atoms with Gasteiger partial charge in [0.25, 0.3) is 10.1 Å². The molecular formula is C10H15NO4S. The topological polar surface area (TPSA) is 89.6 Å². The van der Waals surface area contributed by atoms with Crippen molar-refractivity contribution in [2.45, 2.75) is 25.0 Å². The molecule has 0 saturated carbocycles. The average Bonchev–Trinajstić information content (AvgIpc) is 2.25. The summed E-state index contributed by atoms with van der Waals surface area (Å²) >= 11 is 0. The van der Waals surface area contributed by atoms with E-state index in [1.165, 1.54) is 6.92 Å². The molecule has 1 aromatic carbocycles. The zero-order valence-corrected chi connectivity index (χ0v) is 9.72. The summed E-state index contributed by atoms with van der Waals surface area (Å²) in [7, 11) is -4.16. The Balaban J connectivity index is 2.51. The summed E-state index contributed by atoms with van der Waals surface area (Å²) in [5, 5.41) is -1.14. The number of ether oxygens (including phenoxy) is 1. The fourth-order valence-corrected chi connectivity index (χ4v) is 1.49. The number of hydrogen-bond acceptors (Lipinski definition) is 4. The van der Waals surface area contributed by atoms with Crippen molar-refractivity contribution >= 4 is 10.1 Å². The van der Waals surface area contributed by atoms with Crippen LogP contribution in [0.5, 0.6) is 0 Å². The molecule has 0 bridgehead atoms. The largest absolute Gasteiger partial charge is 0.357 e. The molecule has 16 heavy (non-hydrogen) atoms. The van der Waals surface area contributed by atoms with Gasteiger partial charge in [-0.05, 0) is 12.5 Å². The molecule has 0 heterocycles. The predicted octanol–water partition coefficient (Wildman–Crippen LogP) is 0.764. The summed E-state index contributed by atoms with van der Waals surface area (Å²) in [4.78, 5) is 0. The van der Waals surface area contributed by atoms with Crippen LogP contribution < -0.4 is 5.73 Å². The van der Waals surface area contributed by atoms with Crippen LogP contribution in [-0.4, -0.2) is 24.4 Å². The molecule has 2 atom stereocenters. The van der Waals surface area contributed by atoms with E-state index in [2.05, 4.69) is 0 Å². The van der Waals surface area contributed by atoms with Gasteiger partial charge in [0.15, 0.2) is 0 Å². The molecule has 0 aliphatic heterocycles. The molecule has 2 unspecified atom stereocenters. The van der Waals surface area contributed by atoms with Crippen LogP contribution in [0.4, 0.5) is 0 Å². The van der Waals surface area contributed by atoms with Crippen LogP contribution in [0.3, 0.4) is 0 Å². The van der Waals surface area contributed by atoms with E-state index in [0.29, 0.717) is 0 Å². The fourth-order valence-electron chi connectivity index (χ4n) is 1.07. The first-order chi connectivity index (χ1) is 7.41. The maximum absolute atomic E-state index is 10.8. The Labute approximate surface area is 95.0 Å². The summed E-state index contributed by atoms with van der Waals surface area (Å²) in [6.45, 7) is 1.51. The maximum Gasteiger partial charge on any atom is 0.271 e. The molecule has 6 heteroatoms. The monoisotopic (exact) mass is 245 g/mol. The number of nitrogens with two attached hydrogens (primary N) is 1. The summed E-state index contributed by atoms with van der Waals surface area (Å²) in [6, 6.07) is 9.23. The zero-order chi connectivity index (χ0) is 12.2. The molecule has 0 aliphatic rings. The van der Waals surface area contributed by atoms with E-state index in [-0.39, 0.29) is 6.61 Å². The van der Waals surface area contributed by atoms with Crippen molar-refractivity contribution in [3.05, 3.63) is 35.9 Å². The molecule has 5 nitrogen and oxygen atoms in total. The van der Waals surface area contributed by atoms with Gasteiger partial charge in [-0.2, -0.15) is 8.42 Å². The first kappa shape index (κ1) is 13.1. The van der Waals surface area contributed by atoms with Gasteiger partial charge in [0.1, 0.15) is 11.5 Å². The Hall–Kier alpha value is -0.950. The van der Waals surface area contributed by atoms with Gasteiger partial charge in [-0.3, -0.25) is 4.55 Å². The van der Waals surface area contributed by atoms with Crippen LogP contribution in [0.25, 0.3) is 0 Å². The summed E-state index contributed by atoms with van der Waals surface area (Å²) in [5.74, 6) is 0. The Morgan fingerprint density at radius 1 is 1.38 bits per heavy atom. The van der Waals surface area contributed by atoms with Crippen LogP contribution in [0.2, 0.25) is 0 Å². The first-order valence-corrected chi connectivity index (χ1v) is 6.29. The van der Waals surface area contributed by atoms with E-state index >= 15 is 0 Å². The SMILES string of the molecule is CC(C(N)OCc1ccccc1)S(=O)(=O)O. The van der Waals surface area contributed by atoms with Gasteiger partial charge >= 0.3 is 0 Å². The van der Waals surface area contributed by atoms with Crippen molar-refractivity contribution in [2.75, 3.05) is 0 Å². The summed E-state index contributed by atoms with van der Waals surface area (Å²) in [5.41, 5.74) is 6.38. The molecule has 0 aliphatic carbocycles. The van der Waals surface area contributed by atoms with Crippen molar-refractivity contribution < 1.29 is 17.7 Å². The molecular weight excluding hydrogens is 230 g/mol. The van der Waals surface area contributed by atoms with Crippen molar-refractivity contribution in [3.8, 4) is 0 Å². The lowest BCUT2D eigenvalue weighted by molar-refractivity contribution is 0.0434. The second-order valence-corrected chi connectivity index (χ2v) is 5.25. The molecule has 0 radical (unpaired) electrons. The van der Waals surface area contributed by atoms with Crippen LogP contribution in [-0.2, 0) is 21.5 Å². The Bertz CT molecular complexity index is 418. The average molecular weight is 245 g/mol. The van der Waals surface area contributed by atoms with E-state index in [4.69, 9.17) is 15.0 Å². The van der Waals surface area contributed by atoms with Crippen LogP contribution >= 0.6 is 0 Å². The smallest absolute Gasteiger partial charge is 0.271 e. The first-order valence-electron chi connectivity index (χ1n) is 4.78. The summed E-state index contributed by atoms with van der Waals surface area (Å²) in [6.07, 6.45) is -1.05. The standard InChI is InChI=1S/C10H15NO4S/c1-8(16(12,13)14)10(11)15-7-9-5-3-2-4-6-9/h2-6,8,10H,7,11H2,1H3,(H,12,13,14). The second kappa shape index (κ2) is 5.40. The Morgan fingerprint density at radius 3 is 2.44 bits per heavy atom. The Morgan fingerprint density at radius 2 is 1.94 bits per heavy atom. The van der Waals surface area contributed by atoms with E-state index in [1.54, 1.807) is 0 Å². The lowest BCUT2D eigenvalue weighted by Crippen LogP contribution is -2.40. The lowest BCUT2D eigenvalue weighted by atomic mass is 10.2. The van der Waals surface area contributed by atoms with E-state index in [9.17, 15) is 8.42 Å². The molecule has 0 spiro atoms. The number of benzene rings is 1. The normalized spacial score (nSPS) is 15.7. The van der Waals surface area contributed by atoms with Gasteiger partial charge in [0.05, 0.1) is 6.61 Å². The van der Waals surface area contributed by atoms with Crippen LogP contribution in [0.1, 0.15) is 12.5 Å². The third-order valence-electron chi connectivity index (χ3n) is 2.22. The minimum atomic E-state index is -4.16. The molecule has 1 aromatic rings. The van der Waals surface area contributed by atoms with Crippen molar-refractivity contribution in [1.29, 1.82) is 0 Å². The molecule has 0 fully saturated rings. The summed E-state index contributed by atoms with van der Waals surface area (Å²) < 4.78 is 35.5. The third kappa shape index (κ3) is 3.90. The van der Waals surface area contributed by atoms with Gasteiger partial charge in [0.2, 0.25) is 0 Å². The van der Waals surface area contributed by atoms with Crippen molar-refractivity contribution in [3.63, 3.8) is 0 Å². The van der Waals surface area contributed by atoms with Crippen LogP contribution in [0.15, 0.2) is 30.3 Å². The molecule has 0 amide bonds. The van der Waals surface area contributed by atoms with Gasteiger partial charge in [-0.1, -0.05) is 30.3 Å².